The highest BCUT2D eigenvalue weighted by atomic mass is 19.1. The van der Waals surface area contributed by atoms with Crippen molar-refractivity contribution in [3.8, 4) is 0 Å². The van der Waals surface area contributed by atoms with Gasteiger partial charge in [-0.2, -0.15) is 0 Å². The summed E-state index contributed by atoms with van der Waals surface area (Å²) < 4.78 is 13.2. The van der Waals surface area contributed by atoms with Gasteiger partial charge in [-0.05, 0) is 23.6 Å². The first-order valence-electron chi connectivity index (χ1n) is 4.08. The Morgan fingerprint density at radius 1 is 1.54 bits per heavy atom. The Balaban J connectivity index is 3.04. The van der Waals surface area contributed by atoms with Gasteiger partial charge in [0.15, 0.2) is 0 Å². The van der Waals surface area contributed by atoms with Crippen LogP contribution < -0.4 is 0 Å². The molecule has 0 aromatic heterocycles. The van der Waals surface area contributed by atoms with Gasteiger partial charge in [-0.3, -0.25) is 0 Å². The number of rotatable bonds is 3. The fraction of sp³-hybridized carbons (Fsp3) is 0.333. The highest BCUT2D eigenvalue weighted by Gasteiger charge is 2.10. The molecule has 1 atom stereocenters. The van der Waals surface area contributed by atoms with Crippen LogP contribution in [0.2, 0.25) is 0 Å². The van der Waals surface area contributed by atoms with Crippen LogP contribution in [0, 0.1) is 5.82 Å². The third-order valence-corrected chi connectivity index (χ3v) is 1.84. The van der Waals surface area contributed by atoms with Gasteiger partial charge >= 0.3 is 0 Å². The zero-order valence-electron chi connectivity index (χ0n) is 7.31. The Hall–Kier alpha value is -1.54. The van der Waals surface area contributed by atoms with E-state index >= 15 is 0 Å². The molecule has 68 valence electrons. The summed E-state index contributed by atoms with van der Waals surface area (Å²) in [6.07, 6.45) is 0.602. The monoisotopic (exact) mass is 179 g/mol. The van der Waals surface area contributed by atoms with Crippen LogP contribution in [0.25, 0.3) is 10.4 Å². The van der Waals surface area contributed by atoms with Crippen molar-refractivity contribution in [3.05, 3.63) is 46.1 Å². The topological polar surface area (TPSA) is 48.8 Å². The lowest BCUT2D eigenvalue weighted by molar-refractivity contribution is 0.574. The van der Waals surface area contributed by atoms with E-state index in [9.17, 15) is 4.39 Å². The second-order valence-corrected chi connectivity index (χ2v) is 2.65. The average Bonchev–Trinajstić information content (AvgIpc) is 2.16. The number of halogens is 1. The van der Waals surface area contributed by atoms with Crippen molar-refractivity contribution in [1.29, 1.82) is 0 Å². The Labute approximate surface area is 75.8 Å². The maximum atomic E-state index is 13.2. The van der Waals surface area contributed by atoms with E-state index in [-0.39, 0.29) is 5.82 Å². The minimum absolute atomic E-state index is 0.318. The van der Waals surface area contributed by atoms with E-state index in [4.69, 9.17) is 5.53 Å². The van der Waals surface area contributed by atoms with Crippen LogP contribution in [-0.2, 0) is 0 Å². The smallest absolute Gasteiger partial charge is 0.126 e. The molecular weight excluding hydrogens is 169 g/mol. The molecule has 4 heteroatoms. The van der Waals surface area contributed by atoms with Gasteiger partial charge in [0.05, 0.1) is 6.04 Å². The number of hydrogen-bond acceptors (Lipinski definition) is 1. The predicted octanol–water partition coefficient (Wildman–Crippen LogP) is 3.59. The average molecular weight is 179 g/mol. The molecule has 1 rings (SSSR count). The van der Waals surface area contributed by atoms with E-state index in [0.29, 0.717) is 12.0 Å². The molecule has 0 unspecified atom stereocenters. The Morgan fingerprint density at radius 2 is 2.23 bits per heavy atom. The molecule has 1 aromatic carbocycles. The molecule has 0 aliphatic carbocycles. The number of nitrogens with zero attached hydrogens (tertiary/aromatic N) is 3. The van der Waals surface area contributed by atoms with Crippen molar-refractivity contribution in [2.45, 2.75) is 19.4 Å². The molecule has 0 radical (unpaired) electrons. The second-order valence-electron chi connectivity index (χ2n) is 2.65. The molecule has 0 heterocycles. The largest absolute Gasteiger partial charge is 0.207 e. The Kier molecular flexibility index (Phi) is 3.29. The minimum atomic E-state index is -0.397. The van der Waals surface area contributed by atoms with E-state index < -0.39 is 6.04 Å². The first-order chi connectivity index (χ1) is 6.29. The van der Waals surface area contributed by atoms with Crippen LogP contribution in [0.4, 0.5) is 4.39 Å². The quantitative estimate of drug-likeness (QED) is 0.387. The normalized spacial score (nSPS) is 11.8. The first-order valence-corrected chi connectivity index (χ1v) is 4.08. The van der Waals surface area contributed by atoms with Crippen molar-refractivity contribution in [2.75, 3.05) is 0 Å². The molecule has 0 amide bonds. The van der Waals surface area contributed by atoms with Gasteiger partial charge in [-0.1, -0.05) is 30.2 Å². The summed E-state index contributed by atoms with van der Waals surface area (Å²) in [5.41, 5.74) is 8.72. The van der Waals surface area contributed by atoms with Crippen molar-refractivity contribution >= 4 is 0 Å². The Bertz CT molecular complexity index is 331. The van der Waals surface area contributed by atoms with Crippen LogP contribution in [0.3, 0.4) is 0 Å². The summed E-state index contributed by atoms with van der Waals surface area (Å²) in [6.45, 7) is 1.85. The molecular formula is C9H10FN3. The molecule has 0 aliphatic heterocycles. The van der Waals surface area contributed by atoms with Gasteiger partial charge in [0, 0.05) is 4.91 Å². The lowest BCUT2D eigenvalue weighted by atomic mass is 10.1. The fourth-order valence-electron chi connectivity index (χ4n) is 1.17. The van der Waals surface area contributed by atoms with E-state index in [0.717, 1.165) is 0 Å². The van der Waals surface area contributed by atoms with Crippen LogP contribution >= 0.6 is 0 Å². The summed E-state index contributed by atoms with van der Waals surface area (Å²) in [6, 6.07) is 5.95. The van der Waals surface area contributed by atoms with Gasteiger partial charge < -0.3 is 0 Å². The predicted molar refractivity (Wildman–Crippen MR) is 48.6 cm³/mol. The van der Waals surface area contributed by atoms with Crippen LogP contribution in [0.15, 0.2) is 29.4 Å². The van der Waals surface area contributed by atoms with E-state index in [1.54, 1.807) is 18.2 Å². The highest BCUT2D eigenvalue weighted by molar-refractivity contribution is 5.21. The van der Waals surface area contributed by atoms with Gasteiger partial charge in [-0.25, -0.2) is 4.39 Å². The number of benzene rings is 1. The van der Waals surface area contributed by atoms with Crippen LogP contribution in [0.5, 0.6) is 0 Å². The molecule has 1 aromatic rings. The zero-order chi connectivity index (χ0) is 9.68. The molecule has 0 fully saturated rings. The zero-order valence-corrected chi connectivity index (χ0v) is 7.31. The number of azide groups is 1. The van der Waals surface area contributed by atoms with Crippen molar-refractivity contribution in [2.24, 2.45) is 5.11 Å². The molecule has 0 N–H and O–H groups in total. The van der Waals surface area contributed by atoms with E-state index in [2.05, 4.69) is 10.0 Å². The third kappa shape index (κ3) is 2.20. The van der Waals surface area contributed by atoms with Crippen molar-refractivity contribution < 1.29 is 4.39 Å². The van der Waals surface area contributed by atoms with Crippen molar-refractivity contribution in [3.63, 3.8) is 0 Å². The maximum absolute atomic E-state index is 13.2. The summed E-state index contributed by atoms with van der Waals surface area (Å²) in [5.74, 6) is -0.318. The molecule has 0 bridgehead atoms. The minimum Gasteiger partial charge on any atom is -0.207 e. The van der Waals surface area contributed by atoms with E-state index in [1.807, 2.05) is 6.92 Å². The summed E-state index contributed by atoms with van der Waals surface area (Å²) in [4.78, 5) is 2.68. The van der Waals surface area contributed by atoms with Gasteiger partial charge in [-0.15, -0.1) is 0 Å². The first kappa shape index (κ1) is 9.55. The second kappa shape index (κ2) is 4.48. The van der Waals surface area contributed by atoms with Crippen molar-refractivity contribution in [1.82, 2.24) is 0 Å². The molecule has 0 saturated carbocycles. The van der Waals surface area contributed by atoms with Gasteiger partial charge in [0.1, 0.15) is 5.82 Å². The van der Waals surface area contributed by atoms with Gasteiger partial charge in [0.25, 0.3) is 0 Å². The summed E-state index contributed by atoms with van der Waals surface area (Å²) in [7, 11) is 0. The van der Waals surface area contributed by atoms with Crippen LogP contribution in [-0.4, -0.2) is 0 Å². The molecule has 13 heavy (non-hydrogen) atoms. The fourth-order valence-corrected chi connectivity index (χ4v) is 1.17. The number of hydrogen-bond donors (Lipinski definition) is 0. The summed E-state index contributed by atoms with van der Waals surface area (Å²) in [5, 5.41) is 3.51. The highest BCUT2D eigenvalue weighted by Crippen LogP contribution is 2.23. The SMILES string of the molecule is CC[C@@H](N=[N+]=[N-])c1ccccc1F. The molecule has 3 nitrogen and oxygen atoms in total. The van der Waals surface area contributed by atoms with E-state index in [1.165, 1.54) is 6.07 Å². The standard InChI is InChI=1S/C9H10FN3/c1-2-9(12-13-11)7-5-3-4-6-8(7)10/h3-6,9H,2H2,1H3/t9-/m1/s1. The molecule has 0 saturated heterocycles. The van der Waals surface area contributed by atoms with Crippen LogP contribution in [0.1, 0.15) is 24.9 Å². The summed E-state index contributed by atoms with van der Waals surface area (Å²) >= 11 is 0. The maximum Gasteiger partial charge on any atom is 0.126 e. The lowest BCUT2D eigenvalue weighted by Crippen LogP contribution is -1.95. The third-order valence-electron chi connectivity index (χ3n) is 1.84. The molecule has 0 aliphatic rings. The lowest BCUT2D eigenvalue weighted by Gasteiger charge is -2.08. The van der Waals surface area contributed by atoms with Gasteiger partial charge in [0.2, 0.25) is 0 Å². The molecule has 0 spiro atoms. The Morgan fingerprint density at radius 3 is 2.77 bits per heavy atom.